The molecule has 0 aliphatic carbocycles. The van der Waals surface area contributed by atoms with Gasteiger partial charge in [0, 0.05) is 18.9 Å². The SMILES string of the molecule is COC(=O)c1cc2c(cc1OC)N(C(C)=O)[C@@H](F)C(C)C2. The van der Waals surface area contributed by atoms with E-state index in [2.05, 4.69) is 0 Å². The van der Waals surface area contributed by atoms with Gasteiger partial charge in [-0.05, 0) is 18.1 Å². The van der Waals surface area contributed by atoms with Gasteiger partial charge in [-0.3, -0.25) is 9.69 Å². The van der Waals surface area contributed by atoms with Crippen LogP contribution in [0.2, 0.25) is 0 Å². The number of alkyl halides is 1. The number of esters is 1. The lowest BCUT2D eigenvalue weighted by Crippen LogP contribution is -2.44. The zero-order chi connectivity index (χ0) is 15.7. The summed E-state index contributed by atoms with van der Waals surface area (Å²) >= 11 is 0. The highest BCUT2D eigenvalue weighted by atomic mass is 19.1. The van der Waals surface area contributed by atoms with E-state index in [1.54, 1.807) is 13.0 Å². The molecule has 2 rings (SSSR count). The summed E-state index contributed by atoms with van der Waals surface area (Å²) in [4.78, 5) is 24.6. The predicted molar refractivity (Wildman–Crippen MR) is 75.3 cm³/mol. The van der Waals surface area contributed by atoms with Crippen LogP contribution in [0.1, 0.15) is 29.8 Å². The van der Waals surface area contributed by atoms with Gasteiger partial charge in [-0.25, -0.2) is 9.18 Å². The van der Waals surface area contributed by atoms with Crippen LogP contribution in [0.15, 0.2) is 12.1 Å². The molecule has 21 heavy (non-hydrogen) atoms. The molecule has 0 aromatic heterocycles. The standard InChI is InChI=1S/C15H18FNO4/c1-8-5-10-6-11(15(19)21-4)13(20-3)7-12(10)17(9(2)18)14(8)16/h6-8,14H,5H2,1-4H3/t8?,14-/m1/s1. The Balaban J connectivity index is 2.61. The topological polar surface area (TPSA) is 55.8 Å². The summed E-state index contributed by atoms with van der Waals surface area (Å²) in [6.07, 6.45) is -0.947. The van der Waals surface area contributed by atoms with Crippen molar-refractivity contribution in [2.24, 2.45) is 5.92 Å². The van der Waals surface area contributed by atoms with E-state index in [0.29, 0.717) is 12.1 Å². The number of halogens is 1. The molecule has 0 radical (unpaired) electrons. The number of methoxy groups -OCH3 is 2. The van der Waals surface area contributed by atoms with Crippen LogP contribution in [0.4, 0.5) is 10.1 Å². The van der Waals surface area contributed by atoms with E-state index in [1.807, 2.05) is 0 Å². The molecule has 0 saturated heterocycles. The smallest absolute Gasteiger partial charge is 0.341 e. The molecule has 2 atom stereocenters. The molecule has 114 valence electrons. The highest BCUT2D eigenvalue weighted by Gasteiger charge is 2.35. The van der Waals surface area contributed by atoms with Crippen LogP contribution in [0.3, 0.4) is 0 Å². The molecule has 0 bridgehead atoms. The Labute approximate surface area is 122 Å². The minimum absolute atomic E-state index is 0.258. The van der Waals surface area contributed by atoms with Gasteiger partial charge in [0.1, 0.15) is 11.3 Å². The number of anilines is 1. The van der Waals surface area contributed by atoms with Crippen molar-refractivity contribution in [3.05, 3.63) is 23.3 Å². The molecule has 1 heterocycles. The molecule has 0 spiro atoms. The van der Waals surface area contributed by atoms with Crippen LogP contribution in [-0.2, 0) is 16.0 Å². The maximum Gasteiger partial charge on any atom is 0.341 e. The first-order chi connectivity index (χ1) is 9.90. The summed E-state index contributed by atoms with van der Waals surface area (Å²) in [6.45, 7) is 3.04. The van der Waals surface area contributed by atoms with Gasteiger partial charge < -0.3 is 9.47 Å². The van der Waals surface area contributed by atoms with Crippen molar-refractivity contribution < 1.29 is 23.5 Å². The summed E-state index contributed by atoms with van der Waals surface area (Å²) in [5, 5.41) is 0. The van der Waals surface area contributed by atoms with E-state index in [4.69, 9.17) is 9.47 Å². The summed E-state index contributed by atoms with van der Waals surface area (Å²) in [6, 6.07) is 3.12. The van der Waals surface area contributed by atoms with E-state index in [-0.39, 0.29) is 23.1 Å². The molecule has 0 fully saturated rings. The third kappa shape index (κ3) is 2.57. The van der Waals surface area contributed by atoms with E-state index in [1.165, 1.54) is 27.2 Å². The Morgan fingerprint density at radius 2 is 2.00 bits per heavy atom. The number of fused-ring (bicyclic) bond motifs is 1. The third-order valence-electron chi connectivity index (χ3n) is 3.66. The highest BCUT2D eigenvalue weighted by molar-refractivity contribution is 5.97. The molecule has 0 N–H and O–H groups in total. The first kappa shape index (κ1) is 15.3. The summed E-state index contributed by atoms with van der Waals surface area (Å²) in [7, 11) is 2.69. The van der Waals surface area contributed by atoms with Crippen LogP contribution in [0.5, 0.6) is 5.75 Å². The number of hydrogen-bond donors (Lipinski definition) is 0. The zero-order valence-corrected chi connectivity index (χ0v) is 12.5. The first-order valence-electron chi connectivity index (χ1n) is 6.63. The number of amides is 1. The maximum absolute atomic E-state index is 14.3. The first-order valence-corrected chi connectivity index (χ1v) is 6.63. The van der Waals surface area contributed by atoms with Crippen molar-refractivity contribution in [2.75, 3.05) is 19.1 Å². The second-order valence-corrected chi connectivity index (χ2v) is 5.12. The van der Waals surface area contributed by atoms with Crippen LogP contribution in [0.25, 0.3) is 0 Å². The van der Waals surface area contributed by atoms with Crippen molar-refractivity contribution in [1.29, 1.82) is 0 Å². The number of nitrogens with zero attached hydrogens (tertiary/aromatic N) is 1. The number of carbonyl (C=O) groups is 2. The average molecular weight is 295 g/mol. The molecular formula is C15H18FNO4. The van der Waals surface area contributed by atoms with Gasteiger partial charge >= 0.3 is 5.97 Å². The van der Waals surface area contributed by atoms with E-state index >= 15 is 0 Å². The van der Waals surface area contributed by atoms with Gasteiger partial charge in [-0.2, -0.15) is 0 Å². The Kier molecular flexibility index (Phi) is 4.16. The number of benzene rings is 1. The van der Waals surface area contributed by atoms with Crippen molar-refractivity contribution in [1.82, 2.24) is 0 Å². The Morgan fingerprint density at radius 3 is 2.52 bits per heavy atom. The molecule has 1 aliphatic heterocycles. The van der Waals surface area contributed by atoms with Gasteiger partial charge in [-0.1, -0.05) is 6.92 Å². The fraction of sp³-hybridized carbons (Fsp3) is 0.467. The highest BCUT2D eigenvalue weighted by Crippen LogP contribution is 2.38. The lowest BCUT2D eigenvalue weighted by atomic mass is 9.91. The van der Waals surface area contributed by atoms with Crippen molar-refractivity contribution in [3.63, 3.8) is 0 Å². The van der Waals surface area contributed by atoms with Crippen molar-refractivity contribution in [3.8, 4) is 5.75 Å². The number of ether oxygens (including phenoxy) is 2. The quantitative estimate of drug-likeness (QED) is 0.620. The lowest BCUT2D eigenvalue weighted by Gasteiger charge is -2.36. The average Bonchev–Trinajstić information content (AvgIpc) is 2.46. The lowest BCUT2D eigenvalue weighted by molar-refractivity contribution is -0.118. The molecule has 5 nitrogen and oxygen atoms in total. The second-order valence-electron chi connectivity index (χ2n) is 5.12. The van der Waals surface area contributed by atoms with Gasteiger partial charge in [0.25, 0.3) is 0 Å². The van der Waals surface area contributed by atoms with Gasteiger partial charge in [0.15, 0.2) is 6.30 Å². The predicted octanol–water partition coefficient (Wildman–Crippen LogP) is 2.32. The van der Waals surface area contributed by atoms with E-state index < -0.39 is 12.3 Å². The minimum Gasteiger partial charge on any atom is -0.496 e. The third-order valence-corrected chi connectivity index (χ3v) is 3.66. The summed E-state index contributed by atoms with van der Waals surface area (Å²) < 4.78 is 24.2. The molecule has 1 aromatic carbocycles. The van der Waals surface area contributed by atoms with Crippen LogP contribution in [-0.4, -0.2) is 32.4 Å². The van der Waals surface area contributed by atoms with Gasteiger partial charge in [0.05, 0.1) is 19.9 Å². The fourth-order valence-corrected chi connectivity index (χ4v) is 2.61. The molecule has 0 saturated carbocycles. The normalized spacial score (nSPS) is 20.7. The zero-order valence-electron chi connectivity index (χ0n) is 12.5. The van der Waals surface area contributed by atoms with Crippen LogP contribution < -0.4 is 9.64 Å². The molecule has 1 aliphatic rings. The monoisotopic (exact) mass is 295 g/mol. The molecule has 1 unspecified atom stereocenters. The van der Waals surface area contributed by atoms with Crippen molar-refractivity contribution >= 4 is 17.6 Å². The van der Waals surface area contributed by atoms with Crippen LogP contribution in [0, 0.1) is 5.92 Å². The molecule has 1 amide bonds. The van der Waals surface area contributed by atoms with Gasteiger partial charge in [0.2, 0.25) is 5.91 Å². The largest absolute Gasteiger partial charge is 0.496 e. The fourth-order valence-electron chi connectivity index (χ4n) is 2.61. The van der Waals surface area contributed by atoms with E-state index in [0.717, 1.165) is 10.5 Å². The second kappa shape index (κ2) is 5.71. The molecule has 1 aromatic rings. The van der Waals surface area contributed by atoms with E-state index in [9.17, 15) is 14.0 Å². The minimum atomic E-state index is -1.39. The maximum atomic E-state index is 14.3. The Bertz CT molecular complexity index is 587. The van der Waals surface area contributed by atoms with Crippen LogP contribution >= 0.6 is 0 Å². The Hall–Kier alpha value is -2.11. The Morgan fingerprint density at radius 1 is 1.33 bits per heavy atom. The summed E-state index contributed by atoms with van der Waals surface area (Å²) in [5.74, 6) is -1.00. The molecular weight excluding hydrogens is 277 g/mol. The van der Waals surface area contributed by atoms with Crippen molar-refractivity contribution in [2.45, 2.75) is 26.6 Å². The molecule has 6 heteroatoms. The summed E-state index contributed by atoms with van der Waals surface area (Å²) in [5.41, 5.74) is 1.44. The number of rotatable bonds is 2. The van der Waals surface area contributed by atoms with Gasteiger partial charge in [-0.15, -0.1) is 0 Å². The number of carbonyl (C=O) groups excluding carboxylic acids is 2. The number of hydrogen-bond acceptors (Lipinski definition) is 4.